The van der Waals surface area contributed by atoms with Crippen LogP contribution in [0.15, 0.2) is 0 Å². The monoisotopic (exact) mass is 282 g/mol. The molecule has 3 atom stereocenters. The fourth-order valence-electron chi connectivity index (χ4n) is 4.55. The first-order chi connectivity index (χ1) is 9.43. The molecule has 1 heterocycles. The van der Waals surface area contributed by atoms with Crippen molar-refractivity contribution in [2.24, 2.45) is 16.7 Å². The maximum absolute atomic E-state index is 12.2. The molecule has 0 amide bonds. The average Bonchev–Trinajstić information content (AvgIpc) is 2.73. The van der Waals surface area contributed by atoms with Crippen molar-refractivity contribution in [1.82, 2.24) is 0 Å². The van der Waals surface area contributed by atoms with Gasteiger partial charge < -0.3 is 14.4 Å². The summed E-state index contributed by atoms with van der Waals surface area (Å²) in [5, 5.41) is 0. The van der Waals surface area contributed by atoms with Crippen molar-refractivity contribution in [3.63, 3.8) is 0 Å². The molecule has 3 fully saturated rings. The van der Waals surface area contributed by atoms with Gasteiger partial charge in [0.15, 0.2) is 6.54 Å². The summed E-state index contributed by atoms with van der Waals surface area (Å²) in [6.45, 7) is 10.9. The smallest absolute Gasteiger partial charge is 0.362 e. The minimum atomic E-state index is -0.0172. The summed E-state index contributed by atoms with van der Waals surface area (Å²) >= 11 is 0. The number of hydrogen-bond acceptors (Lipinski definition) is 3. The number of esters is 1. The predicted octanol–water partition coefficient (Wildman–Crippen LogP) is 0.660. The highest BCUT2D eigenvalue weighted by molar-refractivity contribution is 5.70. The third kappa shape index (κ3) is 2.17. The van der Waals surface area contributed by atoms with Crippen LogP contribution >= 0.6 is 0 Å². The molecule has 4 heteroatoms. The lowest BCUT2D eigenvalue weighted by atomic mass is 9.70. The van der Waals surface area contributed by atoms with E-state index in [1.54, 1.807) is 0 Å². The zero-order valence-corrected chi connectivity index (χ0v) is 13.0. The van der Waals surface area contributed by atoms with Crippen molar-refractivity contribution in [2.75, 3.05) is 32.8 Å². The zero-order valence-electron chi connectivity index (χ0n) is 13.0. The van der Waals surface area contributed by atoms with Crippen LogP contribution in [0.25, 0.3) is 0 Å². The molecule has 0 aromatic carbocycles. The number of ether oxygens (including phenoxy) is 2. The van der Waals surface area contributed by atoms with E-state index in [2.05, 4.69) is 20.8 Å². The van der Waals surface area contributed by atoms with Crippen molar-refractivity contribution in [3.8, 4) is 0 Å². The highest BCUT2D eigenvalue weighted by Gasteiger charge is 2.62. The van der Waals surface area contributed by atoms with E-state index in [0.29, 0.717) is 12.0 Å². The van der Waals surface area contributed by atoms with E-state index < -0.39 is 0 Å². The Labute approximate surface area is 121 Å². The van der Waals surface area contributed by atoms with Crippen LogP contribution in [0.2, 0.25) is 0 Å². The maximum Gasteiger partial charge on any atom is 0.362 e. The Hall–Kier alpha value is -0.610. The van der Waals surface area contributed by atoms with Gasteiger partial charge in [-0.15, -0.1) is 0 Å². The summed E-state index contributed by atoms with van der Waals surface area (Å²) in [6, 6.07) is 0. The van der Waals surface area contributed by atoms with Crippen LogP contribution in [0.4, 0.5) is 0 Å². The molecular formula is C16H28NO3+. The number of nitrogens with one attached hydrogen (secondary N) is 1. The van der Waals surface area contributed by atoms with Crippen molar-refractivity contribution >= 4 is 5.97 Å². The highest BCUT2D eigenvalue weighted by Crippen LogP contribution is 2.66. The summed E-state index contributed by atoms with van der Waals surface area (Å²) in [7, 11) is 0. The quantitative estimate of drug-likeness (QED) is 0.773. The Morgan fingerprint density at radius 1 is 1.30 bits per heavy atom. The number of carbonyl (C=O) groups excluding carboxylic acids is 1. The summed E-state index contributed by atoms with van der Waals surface area (Å²) in [5.41, 5.74) is 0.484. The van der Waals surface area contributed by atoms with E-state index in [1.807, 2.05) is 0 Å². The van der Waals surface area contributed by atoms with Gasteiger partial charge in [-0.25, -0.2) is 4.79 Å². The van der Waals surface area contributed by atoms with Crippen molar-refractivity contribution in [2.45, 2.75) is 46.1 Å². The Balaban J connectivity index is 1.57. The van der Waals surface area contributed by atoms with Gasteiger partial charge in [0.05, 0.1) is 13.2 Å². The summed E-state index contributed by atoms with van der Waals surface area (Å²) in [6.07, 6.45) is 3.69. The molecule has 3 aliphatic rings. The van der Waals surface area contributed by atoms with E-state index >= 15 is 0 Å². The number of morpholine rings is 1. The Morgan fingerprint density at radius 2 is 2.00 bits per heavy atom. The lowest BCUT2D eigenvalue weighted by Crippen LogP contribution is -3.15. The molecule has 0 unspecified atom stereocenters. The van der Waals surface area contributed by atoms with Crippen LogP contribution in [0.5, 0.6) is 0 Å². The van der Waals surface area contributed by atoms with E-state index in [4.69, 9.17) is 9.47 Å². The summed E-state index contributed by atoms with van der Waals surface area (Å²) in [5.74, 6) is 0.706. The van der Waals surface area contributed by atoms with Crippen molar-refractivity contribution < 1.29 is 19.2 Å². The molecule has 0 aromatic rings. The second-order valence-electron chi connectivity index (χ2n) is 7.63. The lowest BCUT2D eigenvalue weighted by molar-refractivity contribution is -0.900. The third-order valence-electron chi connectivity index (χ3n) is 6.58. The van der Waals surface area contributed by atoms with Crippen LogP contribution in [0, 0.1) is 16.7 Å². The molecular weight excluding hydrogens is 254 g/mol. The second-order valence-corrected chi connectivity index (χ2v) is 7.63. The van der Waals surface area contributed by atoms with E-state index in [9.17, 15) is 4.79 Å². The first kappa shape index (κ1) is 14.3. The van der Waals surface area contributed by atoms with Gasteiger partial charge in [-0.3, -0.25) is 0 Å². The molecule has 0 radical (unpaired) electrons. The van der Waals surface area contributed by atoms with E-state index in [0.717, 1.165) is 38.6 Å². The van der Waals surface area contributed by atoms with Crippen LogP contribution in [-0.2, 0) is 14.3 Å². The fourth-order valence-corrected chi connectivity index (χ4v) is 4.55. The van der Waals surface area contributed by atoms with E-state index in [-0.39, 0.29) is 17.5 Å². The standard InChI is InChI=1S/C16H27NO3/c1-15(2)12-4-5-16(15,3)13(10-12)20-14(18)11-17-6-8-19-9-7-17/h12-13H,4-11H2,1-3H3/p+1/t12-,13+,16-/m0/s1. The molecule has 1 saturated heterocycles. The number of hydrogen-bond donors (Lipinski definition) is 1. The number of carbonyl (C=O) groups is 1. The molecule has 2 saturated carbocycles. The molecule has 114 valence electrons. The molecule has 20 heavy (non-hydrogen) atoms. The minimum Gasteiger partial charge on any atom is -0.458 e. The summed E-state index contributed by atoms with van der Waals surface area (Å²) in [4.78, 5) is 13.5. The van der Waals surface area contributed by atoms with E-state index in [1.165, 1.54) is 17.7 Å². The molecule has 2 aliphatic carbocycles. The van der Waals surface area contributed by atoms with Gasteiger partial charge in [0.2, 0.25) is 0 Å². The van der Waals surface area contributed by atoms with Gasteiger partial charge in [-0.2, -0.15) is 0 Å². The predicted molar refractivity (Wildman–Crippen MR) is 75.5 cm³/mol. The second kappa shape index (κ2) is 4.99. The van der Waals surface area contributed by atoms with Gasteiger partial charge >= 0.3 is 5.97 Å². The topological polar surface area (TPSA) is 40.0 Å². The van der Waals surface area contributed by atoms with Crippen molar-refractivity contribution in [3.05, 3.63) is 0 Å². The zero-order chi connectivity index (χ0) is 14.4. The number of rotatable bonds is 3. The Kier molecular flexibility index (Phi) is 3.57. The first-order valence-electron chi connectivity index (χ1n) is 8.04. The average molecular weight is 282 g/mol. The molecule has 2 bridgehead atoms. The molecule has 0 spiro atoms. The normalized spacial score (nSPS) is 40.0. The van der Waals surface area contributed by atoms with Crippen LogP contribution < -0.4 is 4.90 Å². The minimum absolute atomic E-state index is 0.0172. The van der Waals surface area contributed by atoms with Gasteiger partial charge in [0.25, 0.3) is 0 Å². The highest BCUT2D eigenvalue weighted by atomic mass is 16.5. The van der Waals surface area contributed by atoms with Gasteiger partial charge in [-0.1, -0.05) is 20.8 Å². The van der Waals surface area contributed by atoms with Crippen molar-refractivity contribution in [1.29, 1.82) is 0 Å². The SMILES string of the molecule is CC1(C)[C@H]2CC[C@@]1(C)[C@H](OC(=O)C[NH+]1CCOCC1)C2. The molecule has 4 nitrogen and oxygen atoms in total. The largest absolute Gasteiger partial charge is 0.458 e. The summed E-state index contributed by atoms with van der Waals surface area (Å²) < 4.78 is 11.2. The van der Waals surface area contributed by atoms with Gasteiger partial charge in [0.1, 0.15) is 19.2 Å². The van der Waals surface area contributed by atoms with Crippen LogP contribution in [0.3, 0.4) is 0 Å². The van der Waals surface area contributed by atoms with Gasteiger partial charge in [-0.05, 0) is 30.6 Å². The van der Waals surface area contributed by atoms with Crippen LogP contribution in [0.1, 0.15) is 40.0 Å². The maximum atomic E-state index is 12.2. The first-order valence-corrected chi connectivity index (χ1v) is 8.04. The third-order valence-corrected chi connectivity index (χ3v) is 6.58. The Bertz CT molecular complexity index is 389. The van der Waals surface area contributed by atoms with Gasteiger partial charge in [0, 0.05) is 5.41 Å². The molecule has 0 aromatic heterocycles. The number of fused-ring (bicyclic) bond motifs is 2. The fraction of sp³-hybridized carbons (Fsp3) is 0.938. The van der Waals surface area contributed by atoms with Crippen LogP contribution in [-0.4, -0.2) is 44.9 Å². The lowest BCUT2D eigenvalue weighted by Gasteiger charge is -2.38. The molecule has 3 rings (SSSR count). The Morgan fingerprint density at radius 3 is 2.55 bits per heavy atom. The molecule has 1 N–H and O–H groups in total. The molecule has 1 aliphatic heterocycles. The number of quaternary nitrogens is 1.